The number of hydrogen-bond acceptors (Lipinski definition) is 4. The minimum atomic E-state index is -3.55. The Labute approximate surface area is 162 Å². The molecule has 0 fully saturated rings. The number of amides is 1. The van der Waals surface area contributed by atoms with Gasteiger partial charge in [0, 0.05) is 0 Å². The van der Waals surface area contributed by atoms with Crippen LogP contribution in [0.3, 0.4) is 0 Å². The van der Waals surface area contributed by atoms with Crippen molar-refractivity contribution in [2.45, 2.75) is 58.2 Å². The maximum atomic E-state index is 12.8. The highest BCUT2D eigenvalue weighted by Crippen LogP contribution is 2.21. The summed E-state index contributed by atoms with van der Waals surface area (Å²) in [4.78, 5) is 24.3. The molecule has 2 N–H and O–H groups in total. The Morgan fingerprint density at radius 2 is 1.67 bits per heavy atom. The fourth-order valence-corrected chi connectivity index (χ4v) is 3.92. The van der Waals surface area contributed by atoms with E-state index < -0.39 is 38.4 Å². The lowest BCUT2D eigenvalue weighted by molar-refractivity contribution is -0.142. The lowest BCUT2D eigenvalue weighted by Gasteiger charge is -2.25. The molecule has 1 aromatic carbocycles. The van der Waals surface area contributed by atoms with Crippen LogP contribution in [0.1, 0.15) is 46.6 Å². The lowest BCUT2D eigenvalue weighted by Crippen LogP contribution is -2.47. The topological polar surface area (TPSA) is 101 Å². The molecular formula is C20H31NO5S. The van der Waals surface area contributed by atoms with Gasteiger partial charge in [-0.15, -0.1) is 0 Å². The van der Waals surface area contributed by atoms with Crippen molar-refractivity contribution < 1.29 is 23.1 Å². The van der Waals surface area contributed by atoms with Gasteiger partial charge in [-0.2, -0.15) is 0 Å². The molecule has 7 heteroatoms. The Balaban J connectivity index is 3.08. The summed E-state index contributed by atoms with van der Waals surface area (Å²) < 4.78 is 24.3. The first-order chi connectivity index (χ1) is 12.3. The molecule has 0 bridgehead atoms. The number of carboxylic acids is 1. The van der Waals surface area contributed by atoms with Crippen LogP contribution in [0.2, 0.25) is 0 Å². The molecule has 1 rings (SSSR count). The molecule has 27 heavy (non-hydrogen) atoms. The zero-order chi connectivity index (χ0) is 20.8. The van der Waals surface area contributed by atoms with Crippen molar-refractivity contribution >= 4 is 21.7 Å². The predicted molar refractivity (Wildman–Crippen MR) is 106 cm³/mol. The normalized spacial score (nSPS) is 14.6. The van der Waals surface area contributed by atoms with Gasteiger partial charge >= 0.3 is 5.97 Å². The van der Waals surface area contributed by atoms with Crippen molar-refractivity contribution in [2.24, 2.45) is 11.8 Å². The number of aliphatic carboxylic acids is 1. The van der Waals surface area contributed by atoms with Crippen molar-refractivity contribution in [1.29, 1.82) is 0 Å². The second-order valence-electron chi connectivity index (χ2n) is 8.31. The van der Waals surface area contributed by atoms with E-state index in [4.69, 9.17) is 0 Å². The van der Waals surface area contributed by atoms with E-state index in [1.54, 1.807) is 20.8 Å². The molecule has 152 valence electrons. The van der Waals surface area contributed by atoms with E-state index in [0.717, 1.165) is 5.56 Å². The molecule has 2 atom stereocenters. The van der Waals surface area contributed by atoms with Gasteiger partial charge in [-0.05, 0) is 45.1 Å². The second kappa shape index (κ2) is 9.35. The highest BCUT2D eigenvalue weighted by molar-refractivity contribution is 7.92. The highest BCUT2D eigenvalue weighted by Gasteiger charge is 2.35. The van der Waals surface area contributed by atoms with Crippen LogP contribution in [0.25, 0.3) is 0 Å². The number of sulfone groups is 1. The molecule has 0 aromatic heterocycles. The monoisotopic (exact) mass is 397 g/mol. The number of benzene rings is 1. The van der Waals surface area contributed by atoms with E-state index in [-0.39, 0.29) is 24.5 Å². The van der Waals surface area contributed by atoms with E-state index >= 15 is 0 Å². The van der Waals surface area contributed by atoms with Gasteiger partial charge < -0.3 is 10.4 Å². The molecule has 1 amide bonds. The van der Waals surface area contributed by atoms with Crippen LogP contribution in [0, 0.1) is 11.8 Å². The Hall–Kier alpha value is -1.89. The van der Waals surface area contributed by atoms with Gasteiger partial charge in [-0.3, -0.25) is 4.79 Å². The Bertz CT molecular complexity index is 735. The van der Waals surface area contributed by atoms with Gasteiger partial charge in [0.15, 0.2) is 9.84 Å². The number of carbonyl (C=O) groups is 2. The zero-order valence-corrected chi connectivity index (χ0v) is 17.5. The molecule has 0 aliphatic rings. The summed E-state index contributed by atoms with van der Waals surface area (Å²) in [6.45, 7) is 8.52. The van der Waals surface area contributed by atoms with Crippen LogP contribution in [-0.2, 0) is 25.8 Å². The third-order valence-electron chi connectivity index (χ3n) is 4.37. The van der Waals surface area contributed by atoms with Crippen molar-refractivity contribution in [1.82, 2.24) is 5.32 Å². The average molecular weight is 398 g/mol. The first-order valence-corrected chi connectivity index (χ1v) is 10.8. The maximum Gasteiger partial charge on any atom is 0.326 e. The van der Waals surface area contributed by atoms with Crippen molar-refractivity contribution in [3.8, 4) is 0 Å². The molecule has 0 aliphatic carbocycles. The van der Waals surface area contributed by atoms with E-state index in [2.05, 4.69) is 5.32 Å². The quantitative estimate of drug-likeness (QED) is 0.667. The summed E-state index contributed by atoms with van der Waals surface area (Å²) in [5.41, 5.74) is 0.831. The van der Waals surface area contributed by atoms with Gasteiger partial charge in [0.05, 0.1) is 16.4 Å². The third kappa shape index (κ3) is 7.33. The van der Waals surface area contributed by atoms with E-state index in [1.807, 2.05) is 44.2 Å². The minimum absolute atomic E-state index is 0.0808. The molecule has 0 radical (unpaired) electrons. The van der Waals surface area contributed by atoms with Gasteiger partial charge in [-0.1, -0.05) is 44.2 Å². The summed E-state index contributed by atoms with van der Waals surface area (Å²) in [5.74, 6) is -2.76. The van der Waals surface area contributed by atoms with Gasteiger partial charge in [0.25, 0.3) is 0 Å². The van der Waals surface area contributed by atoms with Crippen LogP contribution >= 0.6 is 0 Å². The first kappa shape index (κ1) is 23.1. The largest absolute Gasteiger partial charge is 0.480 e. The molecule has 1 aromatic rings. The van der Waals surface area contributed by atoms with Crippen LogP contribution in [0.15, 0.2) is 30.3 Å². The number of rotatable bonds is 9. The smallest absolute Gasteiger partial charge is 0.326 e. The van der Waals surface area contributed by atoms with Crippen LogP contribution in [0.4, 0.5) is 0 Å². The van der Waals surface area contributed by atoms with Gasteiger partial charge in [0.1, 0.15) is 6.04 Å². The molecule has 6 nitrogen and oxygen atoms in total. The lowest BCUT2D eigenvalue weighted by atomic mass is 9.98. The van der Waals surface area contributed by atoms with E-state index in [0.29, 0.717) is 0 Å². The fourth-order valence-electron chi connectivity index (χ4n) is 2.62. The first-order valence-electron chi connectivity index (χ1n) is 9.13. The summed E-state index contributed by atoms with van der Waals surface area (Å²) >= 11 is 0. The Kier molecular flexibility index (Phi) is 8.02. The van der Waals surface area contributed by atoms with E-state index in [9.17, 15) is 23.1 Å². The standard InChI is InChI=1S/C20H31NO5S/c1-14(2)11-17(19(23)24)21-18(22)16(12-15-9-7-6-8-10-15)13-27(25,26)20(3,4)5/h6-10,14,16-17H,11-13H2,1-5H3,(H,21,22)(H,23,24)/t16?,17-/m0/s1. The van der Waals surface area contributed by atoms with Crippen LogP contribution in [0.5, 0.6) is 0 Å². The van der Waals surface area contributed by atoms with E-state index in [1.165, 1.54) is 0 Å². The van der Waals surface area contributed by atoms with Gasteiger partial charge in [0.2, 0.25) is 5.91 Å². The van der Waals surface area contributed by atoms with Crippen LogP contribution in [-0.4, -0.2) is 41.9 Å². The summed E-state index contributed by atoms with van der Waals surface area (Å²) in [7, 11) is -3.55. The van der Waals surface area contributed by atoms with Crippen molar-refractivity contribution in [3.63, 3.8) is 0 Å². The molecule has 0 aliphatic heterocycles. The second-order valence-corrected chi connectivity index (χ2v) is 11.1. The molecule has 0 heterocycles. The molecule has 0 saturated heterocycles. The Morgan fingerprint density at radius 3 is 2.11 bits per heavy atom. The SMILES string of the molecule is CC(C)C[C@H](NC(=O)C(Cc1ccccc1)CS(=O)(=O)C(C)(C)C)C(=O)O. The zero-order valence-electron chi connectivity index (χ0n) is 16.7. The summed E-state index contributed by atoms with van der Waals surface area (Å²) in [6.07, 6.45) is 0.515. The fraction of sp³-hybridized carbons (Fsp3) is 0.600. The molecule has 1 unspecified atom stereocenters. The van der Waals surface area contributed by atoms with Gasteiger partial charge in [-0.25, -0.2) is 13.2 Å². The number of hydrogen-bond donors (Lipinski definition) is 2. The molecule has 0 spiro atoms. The minimum Gasteiger partial charge on any atom is -0.480 e. The van der Waals surface area contributed by atoms with Crippen molar-refractivity contribution in [2.75, 3.05) is 5.75 Å². The van der Waals surface area contributed by atoms with Crippen LogP contribution < -0.4 is 5.32 Å². The highest BCUT2D eigenvalue weighted by atomic mass is 32.2. The number of carboxylic acid groups (broad SMARTS) is 1. The number of nitrogens with one attached hydrogen (secondary N) is 1. The average Bonchev–Trinajstić information content (AvgIpc) is 2.52. The predicted octanol–water partition coefficient (Wildman–Crippen LogP) is 2.67. The molecule has 0 saturated carbocycles. The third-order valence-corrected chi connectivity index (χ3v) is 7.08. The summed E-state index contributed by atoms with van der Waals surface area (Å²) in [6, 6.07) is 8.10. The van der Waals surface area contributed by atoms with Crippen molar-refractivity contribution in [3.05, 3.63) is 35.9 Å². The maximum absolute atomic E-state index is 12.8. The summed E-state index contributed by atoms with van der Waals surface area (Å²) in [5, 5.41) is 11.9. The molecular weight excluding hydrogens is 366 g/mol. The number of carbonyl (C=O) groups excluding carboxylic acids is 1. The Morgan fingerprint density at radius 1 is 1.11 bits per heavy atom.